The van der Waals surface area contributed by atoms with Crippen molar-refractivity contribution >= 4 is 33.6 Å². The number of amides is 2. The van der Waals surface area contributed by atoms with Crippen LogP contribution in [0.3, 0.4) is 0 Å². The molecule has 6 heteroatoms. The molecular weight excluding hydrogens is 418 g/mol. The first-order chi connectivity index (χ1) is 13.6. The summed E-state index contributed by atoms with van der Waals surface area (Å²) in [4.78, 5) is 32.2. The number of nitrogens with zero attached hydrogens (tertiary/aromatic N) is 2. The molecule has 146 valence electrons. The number of carbonyl (C=O) groups excluding carboxylic acids is 2. The van der Waals surface area contributed by atoms with Crippen molar-refractivity contribution in [3.05, 3.63) is 58.2 Å². The van der Waals surface area contributed by atoms with Gasteiger partial charge in [-0.15, -0.1) is 0 Å². The van der Waals surface area contributed by atoms with Gasteiger partial charge in [0.1, 0.15) is 11.9 Å². The highest BCUT2D eigenvalue weighted by Crippen LogP contribution is 2.32. The molecule has 2 heterocycles. The summed E-state index contributed by atoms with van der Waals surface area (Å²) in [7, 11) is 0. The number of benzene rings is 1. The minimum absolute atomic E-state index is 0.0460. The van der Waals surface area contributed by atoms with E-state index in [0.717, 1.165) is 22.9 Å². The summed E-state index contributed by atoms with van der Waals surface area (Å²) in [6, 6.07) is 10.8. The zero-order chi connectivity index (χ0) is 19.5. The SMILES string of the molecule is O=C(Nc1ccc(Br)cn1)C(CC1CCCCC1)N1Cc2ccccc2C1=O. The summed E-state index contributed by atoms with van der Waals surface area (Å²) < 4.78 is 0.856. The van der Waals surface area contributed by atoms with Gasteiger partial charge in [0, 0.05) is 22.8 Å². The minimum Gasteiger partial charge on any atom is -0.322 e. The molecule has 1 aliphatic carbocycles. The fourth-order valence-electron chi connectivity index (χ4n) is 4.30. The number of aromatic nitrogens is 1. The quantitative estimate of drug-likeness (QED) is 0.725. The lowest BCUT2D eigenvalue weighted by Gasteiger charge is -2.31. The van der Waals surface area contributed by atoms with Gasteiger partial charge in [-0.3, -0.25) is 9.59 Å². The van der Waals surface area contributed by atoms with E-state index in [1.165, 1.54) is 19.3 Å². The number of fused-ring (bicyclic) bond motifs is 1. The van der Waals surface area contributed by atoms with Gasteiger partial charge < -0.3 is 10.2 Å². The van der Waals surface area contributed by atoms with Crippen LogP contribution in [-0.4, -0.2) is 27.7 Å². The predicted molar refractivity (Wildman–Crippen MR) is 112 cm³/mol. The maximum Gasteiger partial charge on any atom is 0.255 e. The van der Waals surface area contributed by atoms with E-state index < -0.39 is 6.04 Å². The third-order valence-corrected chi connectivity index (χ3v) is 6.26. The topological polar surface area (TPSA) is 62.3 Å². The molecule has 1 unspecified atom stereocenters. The van der Waals surface area contributed by atoms with Crippen molar-refractivity contribution in [3.63, 3.8) is 0 Å². The Morgan fingerprint density at radius 2 is 1.96 bits per heavy atom. The van der Waals surface area contributed by atoms with E-state index in [1.54, 1.807) is 17.2 Å². The molecule has 1 fully saturated rings. The van der Waals surface area contributed by atoms with E-state index in [0.29, 0.717) is 30.3 Å². The maximum atomic E-state index is 13.2. The Bertz CT molecular complexity index is 862. The highest BCUT2D eigenvalue weighted by molar-refractivity contribution is 9.10. The molecule has 1 N–H and O–H groups in total. The van der Waals surface area contributed by atoms with Crippen LogP contribution in [0.15, 0.2) is 47.1 Å². The molecule has 1 saturated carbocycles. The Kier molecular flexibility index (Phi) is 5.76. The molecule has 1 aromatic carbocycles. The molecule has 0 radical (unpaired) electrons. The first-order valence-electron chi connectivity index (χ1n) is 9.93. The van der Waals surface area contributed by atoms with Gasteiger partial charge in [-0.25, -0.2) is 4.98 Å². The molecule has 1 aromatic heterocycles. The fourth-order valence-corrected chi connectivity index (χ4v) is 4.54. The molecule has 0 bridgehead atoms. The number of carbonyl (C=O) groups is 2. The molecule has 28 heavy (non-hydrogen) atoms. The second-order valence-corrected chi connectivity index (χ2v) is 8.61. The number of nitrogens with one attached hydrogen (secondary N) is 1. The summed E-state index contributed by atoms with van der Waals surface area (Å²) in [5.74, 6) is 0.793. The second-order valence-electron chi connectivity index (χ2n) is 7.70. The Labute approximate surface area is 173 Å². The number of hydrogen-bond acceptors (Lipinski definition) is 3. The van der Waals surface area contributed by atoms with Crippen molar-refractivity contribution in [3.8, 4) is 0 Å². The molecule has 1 aliphatic heterocycles. The van der Waals surface area contributed by atoms with E-state index in [9.17, 15) is 9.59 Å². The van der Waals surface area contributed by atoms with Crippen molar-refractivity contribution in [1.29, 1.82) is 0 Å². The Morgan fingerprint density at radius 1 is 1.18 bits per heavy atom. The van der Waals surface area contributed by atoms with Crippen molar-refractivity contribution < 1.29 is 9.59 Å². The first-order valence-corrected chi connectivity index (χ1v) is 10.7. The lowest BCUT2D eigenvalue weighted by atomic mass is 9.84. The summed E-state index contributed by atoms with van der Waals surface area (Å²) >= 11 is 3.36. The standard InChI is InChI=1S/C22H24BrN3O2/c23-17-10-11-20(24-13-17)25-21(27)19(12-15-6-2-1-3-7-15)26-14-16-8-4-5-9-18(16)22(26)28/h4-5,8-11,13,15,19H,1-3,6-7,12,14H2,(H,24,25,27). The van der Waals surface area contributed by atoms with Crippen LogP contribution >= 0.6 is 15.9 Å². The normalized spacial score (nSPS) is 18.0. The van der Waals surface area contributed by atoms with Crippen LogP contribution in [-0.2, 0) is 11.3 Å². The summed E-state index contributed by atoms with van der Waals surface area (Å²) in [5.41, 5.74) is 1.71. The third-order valence-electron chi connectivity index (χ3n) is 5.79. The van der Waals surface area contributed by atoms with Crippen molar-refractivity contribution in [1.82, 2.24) is 9.88 Å². The number of pyridine rings is 1. The highest BCUT2D eigenvalue weighted by Gasteiger charge is 2.37. The summed E-state index contributed by atoms with van der Waals surface area (Å²) in [6.45, 7) is 0.494. The van der Waals surface area contributed by atoms with Crippen LogP contribution in [0, 0.1) is 5.92 Å². The van der Waals surface area contributed by atoms with Gasteiger partial charge in [0.2, 0.25) is 5.91 Å². The zero-order valence-electron chi connectivity index (χ0n) is 15.7. The zero-order valence-corrected chi connectivity index (χ0v) is 17.3. The Hall–Kier alpha value is -2.21. The number of hydrogen-bond donors (Lipinski definition) is 1. The lowest BCUT2D eigenvalue weighted by molar-refractivity contribution is -0.121. The predicted octanol–water partition coefficient (Wildman–Crippen LogP) is 4.78. The molecule has 2 aliphatic rings. The molecule has 2 amide bonds. The van der Waals surface area contributed by atoms with Gasteiger partial charge in [-0.1, -0.05) is 50.3 Å². The van der Waals surface area contributed by atoms with Gasteiger partial charge in [-0.2, -0.15) is 0 Å². The van der Waals surface area contributed by atoms with Crippen molar-refractivity contribution in [2.45, 2.75) is 51.1 Å². The van der Waals surface area contributed by atoms with Crippen molar-refractivity contribution in [2.24, 2.45) is 5.92 Å². The van der Waals surface area contributed by atoms with E-state index in [4.69, 9.17) is 0 Å². The summed E-state index contributed by atoms with van der Waals surface area (Å²) in [5, 5.41) is 2.92. The fraction of sp³-hybridized carbons (Fsp3) is 0.409. The van der Waals surface area contributed by atoms with Gasteiger partial charge >= 0.3 is 0 Å². The van der Waals surface area contributed by atoms with Gasteiger partial charge in [-0.05, 0) is 52.0 Å². The maximum absolute atomic E-state index is 13.2. The van der Waals surface area contributed by atoms with Gasteiger partial charge in [0.05, 0.1) is 0 Å². The van der Waals surface area contributed by atoms with E-state index in [2.05, 4.69) is 26.2 Å². The molecule has 0 saturated heterocycles. The monoisotopic (exact) mass is 441 g/mol. The van der Waals surface area contributed by atoms with E-state index >= 15 is 0 Å². The smallest absolute Gasteiger partial charge is 0.255 e. The first kappa shape index (κ1) is 19.1. The molecule has 0 spiro atoms. The van der Waals surface area contributed by atoms with Crippen LogP contribution in [0.5, 0.6) is 0 Å². The third kappa shape index (κ3) is 4.12. The number of anilines is 1. The Morgan fingerprint density at radius 3 is 2.68 bits per heavy atom. The average Bonchev–Trinajstić information content (AvgIpc) is 3.05. The molecule has 4 rings (SSSR count). The van der Waals surface area contributed by atoms with Crippen LogP contribution < -0.4 is 5.32 Å². The van der Waals surface area contributed by atoms with Crippen molar-refractivity contribution in [2.75, 3.05) is 5.32 Å². The molecule has 5 nitrogen and oxygen atoms in total. The lowest BCUT2D eigenvalue weighted by Crippen LogP contribution is -2.45. The van der Waals surface area contributed by atoms with Gasteiger partial charge in [0.15, 0.2) is 0 Å². The van der Waals surface area contributed by atoms with E-state index in [-0.39, 0.29) is 11.8 Å². The van der Waals surface area contributed by atoms with Gasteiger partial charge in [0.25, 0.3) is 5.91 Å². The second kappa shape index (κ2) is 8.43. The van der Waals surface area contributed by atoms with Crippen LogP contribution in [0.25, 0.3) is 0 Å². The number of rotatable bonds is 5. The molecule has 1 atom stereocenters. The van der Waals surface area contributed by atoms with Crippen LogP contribution in [0.2, 0.25) is 0 Å². The van der Waals surface area contributed by atoms with Crippen LogP contribution in [0.4, 0.5) is 5.82 Å². The molecular formula is C22H24BrN3O2. The number of halogens is 1. The summed E-state index contributed by atoms with van der Waals surface area (Å²) in [6.07, 6.45) is 8.32. The highest BCUT2D eigenvalue weighted by atomic mass is 79.9. The average molecular weight is 442 g/mol. The van der Waals surface area contributed by atoms with E-state index in [1.807, 2.05) is 30.3 Å². The minimum atomic E-state index is -0.478. The Balaban J connectivity index is 1.55. The largest absolute Gasteiger partial charge is 0.322 e. The van der Waals surface area contributed by atoms with Crippen LogP contribution in [0.1, 0.15) is 54.4 Å². The molecule has 2 aromatic rings.